The Labute approximate surface area is 115 Å². The molecular weight excluding hydrogens is 290 g/mol. The minimum absolute atomic E-state index is 0.0163. The molecule has 2 aromatic heterocycles. The first-order valence-electron chi connectivity index (χ1n) is 5.54. The number of rotatable bonds is 6. The summed E-state index contributed by atoms with van der Waals surface area (Å²) in [6.07, 6.45) is 5.32. The molecule has 9 heteroatoms. The first kappa shape index (κ1) is 13.9. The molecule has 0 saturated carbocycles. The molecule has 1 N–H and O–H groups in total. The number of halogens is 1. The molecule has 0 spiro atoms. The molecule has 0 radical (unpaired) electrons. The fourth-order valence-electron chi connectivity index (χ4n) is 1.45. The summed E-state index contributed by atoms with van der Waals surface area (Å²) in [5.41, 5.74) is 0. The van der Waals surface area contributed by atoms with Gasteiger partial charge in [-0.15, -0.1) is 5.10 Å². The highest BCUT2D eigenvalue weighted by Crippen LogP contribution is 2.17. The van der Waals surface area contributed by atoms with Crippen LogP contribution in [-0.4, -0.2) is 34.9 Å². The van der Waals surface area contributed by atoms with Crippen LogP contribution in [0.3, 0.4) is 0 Å². The Kier molecular flexibility index (Phi) is 4.46. The maximum atomic E-state index is 11.9. The predicted molar refractivity (Wildman–Crippen MR) is 69.1 cm³/mol. The monoisotopic (exact) mass is 301 g/mol. The van der Waals surface area contributed by atoms with Gasteiger partial charge in [-0.1, -0.05) is 16.8 Å². The minimum atomic E-state index is -3.62. The highest BCUT2D eigenvalue weighted by atomic mass is 35.5. The van der Waals surface area contributed by atoms with Gasteiger partial charge in [-0.2, -0.15) is 0 Å². The van der Waals surface area contributed by atoms with Crippen LogP contribution in [0.15, 0.2) is 35.6 Å². The number of nitrogens with zero attached hydrogens (tertiary/aromatic N) is 4. The van der Waals surface area contributed by atoms with Gasteiger partial charge in [-0.3, -0.25) is 4.68 Å². The fourth-order valence-corrected chi connectivity index (χ4v) is 2.97. The molecule has 0 amide bonds. The van der Waals surface area contributed by atoms with E-state index in [2.05, 4.69) is 20.0 Å². The Bertz CT molecular complexity index is 629. The Morgan fingerprint density at radius 1 is 1.37 bits per heavy atom. The van der Waals surface area contributed by atoms with E-state index in [4.69, 9.17) is 11.6 Å². The van der Waals surface area contributed by atoms with Gasteiger partial charge in [0.2, 0.25) is 10.0 Å². The highest BCUT2D eigenvalue weighted by Gasteiger charge is 2.17. The molecule has 0 saturated heterocycles. The Morgan fingerprint density at radius 2 is 2.21 bits per heavy atom. The summed E-state index contributed by atoms with van der Waals surface area (Å²) < 4.78 is 28.0. The van der Waals surface area contributed by atoms with Crippen molar-refractivity contribution in [2.45, 2.75) is 17.9 Å². The molecule has 0 fully saturated rings. The molecule has 0 aromatic carbocycles. The average molecular weight is 302 g/mol. The van der Waals surface area contributed by atoms with Gasteiger partial charge in [0.25, 0.3) is 0 Å². The number of aromatic nitrogens is 4. The maximum Gasteiger partial charge on any atom is 0.243 e. The van der Waals surface area contributed by atoms with E-state index in [9.17, 15) is 8.42 Å². The van der Waals surface area contributed by atoms with Crippen molar-refractivity contribution in [1.82, 2.24) is 24.7 Å². The van der Waals surface area contributed by atoms with Crippen molar-refractivity contribution in [3.63, 3.8) is 0 Å². The third-order valence-corrected chi connectivity index (χ3v) is 4.25. The van der Waals surface area contributed by atoms with Gasteiger partial charge in [0, 0.05) is 25.5 Å². The molecule has 0 unspecified atom stereocenters. The third-order valence-electron chi connectivity index (χ3n) is 2.34. The zero-order valence-corrected chi connectivity index (χ0v) is 11.5. The highest BCUT2D eigenvalue weighted by molar-refractivity contribution is 7.89. The van der Waals surface area contributed by atoms with E-state index < -0.39 is 10.0 Å². The standard InChI is InChI=1S/C10H12ClN5O2S/c11-10-9(3-1-4-12-10)19(17,18)14-5-2-7-16-8-6-13-15-16/h1,3-4,6,8,14H,2,5,7H2. The average Bonchev–Trinajstić information content (AvgIpc) is 2.88. The second kappa shape index (κ2) is 6.09. The van der Waals surface area contributed by atoms with E-state index in [0.717, 1.165) is 0 Å². The van der Waals surface area contributed by atoms with Crippen LogP contribution in [0, 0.1) is 0 Å². The first-order valence-corrected chi connectivity index (χ1v) is 7.40. The Hall–Kier alpha value is -1.51. The summed E-state index contributed by atoms with van der Waals surface area (Å²) in [6.45, 7) is 0.872. The van der Waals surface area contributed by atoms with E-state index in [1.165, 1.54) is 18.3 Å². The Balaban J connectivity index is 1.90. The molecule has 2 aromatic rings. The van der Waals surface area contributed by atoms with Crippen molar-refractivity contribution in [2.75, 3.05) is 6.54 Å². The smallest absolute Gasteiger partial charge is 0.243 e. The van der Waals surface area contributed by atoms with Crippen LogP contribution in [-0.2, 0) is 16.6 Å². The summed E-state index contributed by atoms with van der Waals surface area (Å²) in [7, 11) is -3.62. The summed E-state index contributed by atoms with van der Waals surface area (Å²) in [4.78, 5) is 3.72. The van der Waals surface area contributed by atoms with Crippen molar-refractivity contribution in [2.24, 2.45) is 0 Å². The van der Waals surface area contributed by atoms with E-state index in [1.54, 1.807) is 17.1 Å². The predicted octanol–water partition coefficient (Wildman–Crippen LogP) is 0.695. The van der Waals surface area contributed by atoms with E-state index in [0.29, 0.717) is 13.0 Å². The van der Waals surface area contributed by atoms with Gasteiger partial charge in [0.15, 0.2) is 0 Å². The largest absolute Gasteiger partial charge is 0.253 e. The SMILES string of the molecule is O=S(=O)(NCCCn1ccnn1)c1cccnc1Cl. The molecule has 0 aliphatic heterocycles. The number of hydrogen-bond acceptors (Lipinski definition) is 5. The van der Waals surface area contributed by atoms with Gasteiger partial charge in [-0.25, -0.2) is 18.1 Å². The van der Waals surface area contributed by atoms with Crippen LogP contribution in [0.2, 0.25) is 5.15 Å². The van der Waals surface area contributed by atoms with Gasteiger partial charge >= 0.3 is 0 Å². The van der Waals surface area contributed by atoms with Crippen LogP contribution < -0.4 is 4.72 Å². The quantitative estimate of drug-likeness (QED) is 0.626. The van der Waals surface area contributed by atoms with Crippen molar-refractivity contribution >= 4 is 21.6 Å². The van der Waals surface area contributed by atoms with Gasteiger partial charge < -0.3 is 0 Å². The van der Waals surface area contributed by atoms with E-state index >= 15 is 0 Å². The lowest BCUT2D eigenvalue weighted by molar-refractivity contribution is 0.542. The van der Waals surface area contributed by atoms with E-state index in [1.807, 2.05) is 0 Å². The molecule has 0 bridgehead atoms. The molecular formula is C10H12ClN5O2S. The lowest BCUT2D eigenvalue weighted by Gasteiger charge is -2.07. The first-order chi connectivity index (χ1) is 9.09. The lowest BCUT2D eigenvalue weighted by Crippen LogP contribution is -2.26. The van der Waals surface area contributed by atoms with Crippen molar-refractivity contribution < 1.29 is 8.42 Å². The van der Waals surface area contributed by atoms with E-state index in [-0.39, 0.29) is 16.6 Å². The number of aryl methyl sites for hydroxylation is 1. The molecule has 0 aliphatic rings. The van der Waals surface area contributed by atoms with Gasteiger partial charge in [0.1, 0.15) is 10.0 Å². The number of hydrogen-bond donors (Lipinski definition) is 1. The number of nitrogens with one attached hydrogen (secondary N) is 1. The topological polar surface area (TPSA) is 89.8 Å². The fraction of sp³-hybridized carbons (Fsp3) is 0.300. The van der Waals surface area contributed by atoms with Crippen LogP contribution >= 0.6 is 11.6 Å². The number of sulfonamides is 1. The molecule has 7 nitrogen and oxygen atoms in total. The van der Waals surface area contributed by atoms with Crippen LogP contribution in [0.5, 0.6) is 0 Å². The molecule has 102 valence electrons. The summed E-state index contributed by atoms with van der Waals surface area (Å²) in [5, 5.41) is 7.40. The molecule has 0 atom stereocenters. The summed E-state index contributed by atoms with van der Waals surface area (Å²) in [5.74, 6) is 0. The molecule has 19 heavy (non-hydrogen) atoms. The zero-order valence-electron chi connectivity index (χ0n) is 9.90. The minimum Gasteiger partial charge on any atom is -0.253 e. The normalized spacial score (nSPS) is 11.6. The van der Waals surface area contributed by atoms with Crippen molar-refractivity contribution in [3.8, 4) is 0 Å². The second-order valence-electron chi connectivity index (χ2n) is 3.71. The van der Waals surface area contributed by atoms with Crippen LogP contribution in [0.25, 0.3) is 0 Å². The number of pyridine rings is 1. The third kappa shape index (κ3) is 3.72. The van der Waals surface area contributed by atoms with Crippen molar-refractivity contribution in [3.05, 3.63) is 35.9 Å². The van der Waals surface area contributed by atoms with Gasteiger partial charge in [-0.05, 0) is 18.6 Å². The summed E-state index contributed by atoms with van der Waals surface area (Å²) >= 11 is 5.75. The summed E-state index contributed by atoms with van der Waals surface area (Å²) in [6, 6.07) is 2.94. The second-order valence-corrected chi connectivity index (χ2v) is 5.80. The lowest BCUT2D eigenvalue weighted by atomic mass is 10.4. The zero-order chi connectivity index (χ0) is 13.7. The Morgan fingerprint density at radius 3 is 2.89 bits per heavy atom. The van der Waals surface area contributed by atoms with Gasteiger partial charge in [0.05, 0.1) is 6.20 Å². The van der Waals surface area contributed by atoms with Crippen LogP contribution in [0.4, 0.5) is 0 Å². The maximum absolute atomic E-state index is 11.9. The van der Waals surface area contributed by atoms with Crippen molar-refractivity contribution in [1.29, 1.82) is 0 Å². The molecule has 0 aliphatic carbocycles. The molecule has 2 rings (SSSR count). The molecule has 2 heterocycles. The van der Waals surface area contributed by atoms with Crippen LogP contribution in [0.1, 0.15) is 6.42 Å².